The van der Waals surface area contributed by atoms with Gasteiger partial charge in [-0.25, -0.2) is 4.39 Å². The Labute approximate surface area is 160 Å². The second-order valence-electron chi connectivity index (χ2n) is 7.40. The van der Waals surface area contributed by atoms with E-state index in [1.54, 1.807) is 18.2 Å². The highest BCUT2D eigenvalue weighted by atomic mass is 19.4. The maximum atomic E-state index is 13.9. The van der Waals surface area contributed by atoms with E-state index in [-0.39, 0.29) is 12.1 Å². The van der Waals surface area contributed by atoms with E-state index in [4.69, 9.17) is 0 Å². The number of halogens is 4. The largest absolute Gasteiger partial charge is 0.408 e. The third-order valence-corrected chi connectivity index (χ3v) is 5.46. The van der Waals surface area contributed by atoms with Crippen LogP contribution in [0.25, 0.3) is 16.6 Å². The number of allylic oxidation sites excluding steroid dienone is 2. The summed E-state index contributed by atoms with van der Waals surface area (Å²) in [5.41, 5.74) is 1.63. The van der Waals surface area contributed by atoms with Crippen LogP contribution in [-0.2, 0) is 6.54 Å². The Balaban J connectivity index is 1.94. The molecule has 3 nitrogen and oxygen atoms in total. The Hall–Kier alpha value is -2.75. The summed E-state index contributed by atoms with van der Waals surface area (Å²) in [6.07, 6.45) is 2.62. The maximum absolute atomic E-state index is 13.9. The normalized spacial score (nSPS) is 18.3. The minimum Gasteiger partial charge on any atom is -0.354 e. The highest BCUT2D eigenvalue weighted by Gasteiger charge is 2.42. The predicted octanol–water partition coefficient (Wildman–Crippen LogP) is 5.23. The number of aromatic nitrogens is 1. The van der Waals surface area contributed by atoms with Crippen LogP contribution in [0.5, 0.6) is 0 Å². The Bertz CT molecular complexity index is 1020. The van der Waals surface area contributed by atoms with Crippen LogP contribution < -0.4 is 0 Å². The van der Waals surface area contributed by atoms with Crippen LogP contribution in [0.3, 0.4) is 0 Å². The van der Waals surface area contributed by atoms with E-state index >= 15 is 0 Å². The summed E-state index contributed by atoms with van der Waals surface area (Å²) >= 11 is 0. The van der Waals surface area contributed by atoms with Crippen molar-refractivity contribution in [2.45, 2.75) is 38.5 Å². The van der Waals surface area contributed by atoms with Crippen molar-refractivity contribution in [2.24, 2.45) is 5.92 Å². The molecule has 0 saturated heterocycles. The zero-order valence-corrected chi connectivity index (χ0v) is 15.3. The lowest BCUT2D eigenvalue weighted by atomic mass is 10.1. The zero-order chi connectivity index (χ0) is 20.1. The molecule has 0 N–H and O–H groups in total. The second-order valence-corrected chi connectivity index (χ2v) is 7.40. The minimum absolute atomic E-state index is 0.0939. The van der Waals surface area contributed by atoms with Crippen LogP contribution >= 0.6 is 0 Å². The molecule has 2 aliphatic rings. The van der Waals surface area contributed by atoms with Gasteiger partial charge in [0, 0.05) is 18.5 Å². The van der Waals surface area contributed by atoms with Crippen LogP contribution in [0.1, 0.15) is 31.0 Å². The van der Waals surface area contributed by atoms with E-state index in [9.17, 15) is 22.8 Å². The summed E-state index contributed by atoms with van der Waals surface area (Å²) < 4.78 is 56.2. The molecule has 1 atom stereocenters. The molecule has 2 aromatic rings. The number of nitrogens with zero attached hydrogens (tertiary/aromatic N) is 3. The first-order valence-electron chi connectivity index (χ1n) is 9.23. The Kier molecular flexibility index (Phi) is 4.45. The third-order valence-electron chi connectivity index (χ3n) is 5.46. The number of rotatable bonds is 4. The first-order valence-corrected chi connectivity index (χ1v) is 9.23. The van der Waals surface area contributed by atoms with Gasteiger partial charge in [-0.2, -0.15) is 18.4 Å². The highest BCUT2D eigenvalue weighted by molar-refractivity contribution is 5.93. The summed E-state index contributed by atoms with van der Waals surface area (Å²) in [5.74, 6) is -0.0338. The molecule has 1 aromatic heterocycles. The van der Waals surface area contributed by atoms with Crippen LogP contribution in [0.15, 0.2) is 36.4 Å². The van der Waals surface area contributed by atoms with Gasteiger partial charge >= 0.3 is 6.18 Å². The molecule has 28 heavy (non-hydrogen) atoms. The monoisotopic (exact) mass is 389 g/mol. The number of hydrogen-bond donors (Lipinski definition) is 0. The first kappa shape index (κ1) is 18.6. The minimum atomic E-state index is -4.41. The summed E-state index contributed by atoms with van der Waals surface area (Å²) in [6, 6.07) is 4.61. The van der Waals surface area contributed by atoms with Crippen molar-refractivity contribution in [3.63, 3.8) is 0 Å². The molecule has 1 saturated carbocycles. The zero-order valence-electron chi connectivity index (χ0n) is 15.3. The average molecular weight is 389 g/mol. The number of hydrogen-bond acceptors (Lipinski definition) is 2. The van der Waals surface area contributed by atoms with Gasteiger partial charge in [0.1, 0.15) is 17.9 Å². The number of nitriles is 1. The van der Waals surface area contributed by atoms with E-state index in [1.165, 1.54) is 23.1 Å². The molecule has 0 spiro atoms. The molecule has 1 fully saturated rings. The average Bonchev–Trinajstić information content (AvgIpc) is 3.42. The third kappa shape index (κ3) is 3.17. The number of alkyl halides is 3. The molecule has 4 rings (SSSR count). The quantitative estimate of drug-likeness (QED) is 0.671. The molecule has 7 heteroatoms. The lowest BCUT2D eigenvalue weighted by molar-refractivity contribution is -0.169. The van der Waals surface area contributed by atoms with Crippen LogP contribution in [0.2, 0.25) is 0 Å². The Morgan fingerprint density at radius 1 is 1.29 bits per heavy atom. The lowest BCUT2D eigenvalue weighted by Gasteiger charge is -2.35. The molecular weight excluding hydrogens is 370 g/mol. The van der Waals surface area contributed by atoms with Gasteiger partial charge in [-0.15, -0.1) is 0 Å². The van der Waals surface area contributed by atoms with E-state index in [0.29, 0.717) is 34.8 Å². The summed E-state index contributed by atoms with van der Waals surface area (Å²) in [7, 11) is 0. The number of benzene rings is 1. The second kappa shape index (κ2) is 6.69. The van der Waals surface area contributed by atoms with Gasteiger partial charge in [-0.3, -0.25) is 0 Å². The van der Waals surface area contributed by atoms with E-state index in [0.717, 1.165) is 19.8 Å². The van der Waals surface area contributed by atoms with Crippen molar-refractivity contribution >= 4 is 16.6 Å². The molecule has 0 amide bonds. The van der Waals surface area contributed by atoms with Gasteiger partial charge in [0.2, 0.25) is 0 Å². The number of fused-ring (bicyclic) bond motifs is 1. The van der Waals surface area contributed by atoms with Gasteiger partial charge in [0.25, 0.3) is 0 Å². The first-order chi connectivity index (χ1) is 13.3. The molecule has 0 unspecified atom stereocenters. The van der Waals surface area contributed by atoms with Crippen molar-refractivity contribution in [2.75, 3.05) is 6.54 Å². The van der Waals surface area contributed by atoms with Crippen molar-refractivity contribution in [3.8, 4) is 6.07 Å². The standard InChI is InChI=1S/C21H19F4N3/c1-13(21(23,24)25)27-9-3-2-4-18(27)20-17(11-26)16-8-7-15(22)10-19(16)28(20)12-14-5-6-14/h2-4,7-8,10,13-14H,5-6,9,12H2,1H3/t13-/m1/s1. The van der Waals surface area contributed by atoms with E-state index in [1.807, 2.05) is 4.57 Å². The van der Waals surface area contributed by atoms with Crippen molar-refractivity contribution in [1.29, 1.82) is 5.26 Å². The molecule has 0 bridgehead atoms. The maximum Gasteiger partial charge on any atom is 0.408 e. The van der Waals surface area contributed by atoms with Gasteiger partial charge in [-0.1, -0.05) is 12.2 Å². The van der Waals surface area contributed by atoms with Crippen molar-refractivity contribution < 1.29 is 17.6 Å². The fraction of sp³-hybridized carbons (Fsp3) is 0.381. The van der Waals surface area contributed by atoms with Gasteiger partial charge < -0.3 is 9.47 Å². The Morgan fingerprint density at radius 3 is 2.68 bits per heavy atom. The van der Waals surface area contributed by atoms with E-state index < -0.39 is 18.0 Å². The fourth-order valence-corrected chi connectivity index (χ4v) is 3.74. The lowest BCUT2D eigenvalue weighted by Crippen LogP contribution is -2.43. The predicted molar refractivity (Wildman–Crippen MR) is 98.7 cm³/mol. The summed E-state index contributed by atoms with van der Waals surface area (Å²) in [5, 5.41) is 10.4. The van der Waals surface area contributed by atoms with E-state index in [2.05, 4.69) is 6.07 Å². The fourth-order valence-electron chi connectivity index (χ4n) is 3.74. The van der Waals surface area contributed by atoms with Gasteiger partial charge in [-0.05, 0) is 50.0 Å². The topological polar surface area (TPSA) is 32.0 Å². The summed E-state index contributed by atoms with van der Waals surface area (Å²) in [6.45, 7) is 1.77. The molecule has 2 heterocycles. The van der Waals surface area contributed by atoms with Crippen molar-refractivity contribution in [3.05, 3.63) is 53.5 Å². The Morgan fingerprint density at radius 2 is 2.04 bits per heavy atom. The highest BCUT2D eigenvalue weighted by Crippen LogP contribution is 2.40. The molecule has 146 valence electrons. The molecule has 1 aliphatic carbocycles. The van der Waals surface area contributed by atoms with Crippen LogP contribution in [0.4, 0.5) is 17.6 Å². The SMILES string of the molecule is C[C@@H](N1CC=CC=C1c1c(C#N)c2ccc(F)cc2n1CC1CC1)C(F)(F)F. The molecule has 0 radical (unpaired) electrons. The molecule has 1 aromatic carbocycles. The van der Waals surface area contributed by atoms with Crippen LogP contribution in [0, 0.1) is 23.1 Å². The van der Waals surface area contributed by atoms with Gasteiger partial charge in [0.15, 0.2) is 0 Å². The van der Waals surface area contributed by atoms with Crippen LogP contribution in [-0.4, -0.2) is 28.2 Å². The molecule has 1 aliphatic heterocycles. The van der Waals surface area contributed by atoms with Crippen molar-refractivity contribution in [1.82, 2.24) is 9.47 Å². The summed E-state index contributed by atoms with van der Waals surface area (Å²) in [4.78, 5) is 1.26. The molecular formula is C21H19F4N3. The smallest absolute Gasteiger partial charge is 0.354 e. The van der Waals surface area contributed by atoms with Gasteiger partial charge in [0.05, 0.1) is 22.5 Å².